The summed E-state index contributed by atoms with van der Waals surface area (Å²) in [6.07, 6.45) is 3.11. The van der Waals surface area contributed by atoms with Gasteiger partial charge in [-0.2, -0.15) is 0 Å². The van der Waals surface area contributed by atoms with Crippen molar-refractivity contribution >= 4 is 39.9 Å². The number of methoxy groups -OCH3 is 2. The minimum atomic E-state index is -0.226. The summed E-state index contributed by atoms with van der Waals surface area (Å²) in [4.78, 5) is 23.4. The van der Waals surface area contributed by atoms with E-state index >= 15 is 0 Å². The molecule has 178 valence electrons. The van der Waals surface area contributed by atoms with E-state index in [2.05, 4.69) is 15.3 Å². The summed E-state index contributed by atoms with van der Waals surface area (Å²) < 4.78 is 16.9. The first-order valence-electron chi connectivity index (χ1n) is 11.1. The van der Waals surface area contributed by atoms with Crippen LogP contribution in [0.5, 0.6) is 23.1 Å². The maximum atomic E-state index is 13.0. The van der Waals surface area contributed by atoms with Crippen LogP contribution in [-0.4, -0.2) is 36.8 Å². The SMILES string of the molecule is COc1cc2ncnc(Oc3ccc4c(c3)CCCN4C(=O)Nc3ccccc3Cl)c2cc1OC. The second-order valence-corrected chi connectivity index (χ2v) is 8.37. The molecular weight excluding hydrogens is 468 g/mol. The highest BCUT2D eigenvalue weighted by Crippen LogP contribution is 2.37. The summed E-state index contributed by atoms with van der Waals surface area (Å²) in [7, 11) is 3.15. The molecule has 0 spiro atoms. The predicted octanol–water partition coefficient (Wildman–Crippen LogP) is 6.08. The molecule has 3 aromatic carbocycles. The number of urea groups is 1. The number of aromatic nitrogens is 2. The van der Waals surface area contributed by atoms with E-state index in [9.17, 15) is 4.79 Å². The number of benzene rings is 3. The molecule has 0 bridgehead atoms. The molecule has 1 aliphatic rings. The number of carbonyl (C=O) groups is 1. The number of hydrogen-bond acceptors (Lipinski definition) is 6. The number of ether oxygens (including phenoxy) is 3. The Morgan fingerprint density at radius 2 is 1.83 bits per heavy atom. The lowest BCUT2D eigenvalue weighted by Crippen LogP contribution is -2.38. The average molecular weight is 491 g/mol. The molecule has 1 N–H and O–H groups in total. The summed E-state index contributed by atoms with van der Waals surface area (Å²) in [6, 6.07) is 16.2. The Kier molecular flexibility index (Phi) is 6.29. The second-order valence-electron chi connectivity index (χ2n) is 7.96. The lowest BCUT2D eigenvalue weighted by atomic mass is 10.0. The van der Waals surface area contributed by atoms with Crippen LogP contribution in [0.15, 0.2) is 60.9 Å². The Morgan fingerprint density at radius 1 is 1.03 bits per heavy atom. The van der Waals surface area contributed by atoms with Crippen molar-refractivity contribution in [3.05, 3.63) is 71.5 Å². The first kappa shape index (κ1) is 22.7. The molecule has 0 atom stereocenters. The van der Waals surface area contributed by atoms with Gasteiger partial charge in [0, 0.05) is 18.3 Å². The molecule has 0 radical (unpaired) electrons. The minimum Gasteiger partial charge on any atom is -0.493 e. The van der Waals surface area contributed by atoms with Gasteiger partial charge in [0.25, 0.3) is 0 Å². The van der Waals surface area contributed by atoms with E-state index in [4.69, 9.17) is 25.8 Å². The smallest absolute Gasteiger partial charge is 0.326 e. The topological polar surface area (TPSA) is 85.8 Å². The van der Waals surface area contributed by atoms with E-state index in [1.165, 1.54) is 6.33 Å². The third-order valence-electron chi connectivity index (χ3n) is 5.85. The largest absolute Gasteiger partial charge is 0.493 e. The highest BCUT2D eigenvalue weighted by atomic mass is 35.5. The first-order chi connectivity index (χ1) is 17.1. The molecule has 0 aliphatic carbocycles. The molecular formula is C26H23ClN4O4. The van der Waals surface area contributed by atoms with Crippen molar-refractivity contribution in [3.8, 4) is 23.1 Å². The molecule has 0 saturated heterocycles. The number of nitrogens with one attached hydrogen (secondary N) is 1. The van der Waals surface area contributed by atoms with Crippen LogP contribution >= 0.6 is 11.6 Å². The fraction of sp³-hybridized carbons (Fsp3) is 0.192. The van der Waals surface area contributed by atoms with E-state index in [1.807, 2.05) is 30.3 Å². The Morgan fingerprint density at radius 3 is 2.63 bits per heavy atom. The molecule has 0 saturated carbocycles. The van der Waals surface area contributed by atoms with Crippen LogP contribution in [0.2, 0.25) is 5.02 Å². The minimum absolute atomic E-state index is 0.226. The fourth-order valence-electron chi connectivity index (χ4n) is 4.15. The van der Waals surface area contributed by atoms with Gasteiger partial charge in [-0.25, -0.2) is 14.8 Å². The van der Waals surface area contributed by atoms with Crippen molar-refractivity contribution < 1.29 is 19.0 Å². The average Bonchev–Trinajstić information content (AvgIpc) is 2.88. The number of rotatable bonds is 5. The summed E-state index contributed by atoms with van der Waals surface area (Å²) in [6.45, 7) is 0.613. The Hall–Kier alpha value is -4.04. The zero-order valence-corrected chi connectivity index (χ0v) is 20.0. The number of amides is 2. The van der Waals surface area contributed by atoms with Gasteiger partial charge in [0.15, 0.2) is 11.5 Å². The fourth-order valence-corrected chi connectivity index (χ4v) is 4.33. The van der Waals surface area contributed by atoms with Gasteiger partial charge < -0.3 is 19.5 Å². The van der Waals surface area contributed by atoms with Gasteiger partial charge in [-0.3, -0.25) is 4.90 Å². The maximum absolute atomic E-state index is 13.0. The van der Waals surface area contributed by atoms with Crippen molar-refractivity contribution in [1.82, 2.24) is 9.97 Å². The monoisotopic (exact) mass is 490 g/mol. The molecule has 1 aliphatic heterocycles. The molecule has 35 heavy (non-hydrogen) atoms. The van der Waals surface area contributed by atoms with Crippen molar-refractivity contribution in [2.45, 2.75) is 12.8 Å². The highest BCUT2D eigenvalue weighted by Gasteiger charge is 2.24. The van der Waals surface area contributed by atoms with Gasteiger partial charge in [0.2, 0.25) is 5.88 Å². The molecule has 2 amide bonds. The van der Waals surface area contributed by atoms with E-state index < -0.39 is 0 Å². The van der Waals surface area contributed by atoms with Gasteiger partial charge in [-0.1, -0.05) is 23.7 Å². The number of aryl methyl sites for hydroxylation is 1. The Balaban J connectivity index is 1.42. The van der Waals surface area contributed by atoms with Crippen LogP contribution in [0.1, 0.15) is 12.0 Å². The molecule has 8 nitrogen and oxygen atoms in total. The molecule has 0 fully saturated rings. The number of para-hydroxylation sites is 1. The quantitative estimate of drug-likeness (QED) is 0.365. The molecule has 9 heteroatoms. The number of fused-ring (bicyclic) bond motifs is 2. The van der Waals surface area contributed by atoms with Gasteiger partial charge in [0.05, 0.1) is 35.8 Å². The number of nitrogens with zero attached hydrogens (tertiary/aromatic N) is 3. The van der Waals surface area contributed by atoms with Crippen molar-refractivity contribution in [2.75, 3.05) is 31.0 Å². The van der Waals surface area contributed by atoms with Gasteiger partial charge in [0.1, 0.15) is 12.1 Å². The van der Waals surface area contributed by atoms with Crippen LogP contribution in [0.4, 0.5) is 16.2 Å². The second kappa shape index (κ2) is 9.68. The van der Waals surface area contributed by atoms with Gasteiger partial charge in [-0.05, 0) is 54.8 Å². The Labute approximate surface area is 207 Å². The zero-order chi connectivity index (χ0) is 24.4. The van der Waals surface area contributed by atoms with Crippen molar-refractivity contribution in [1.29, 1.82) is 0 Å². The maximum Gasteiger partial charge on any atom is 0.326 e. The standard InChI is InChI=1S/C26H23ClN4O4/c1-33-23-13-18-21(14-24(23)34-2)28-15-29-25(18)35-17-9-10-22-16(12-17)6-5-11-31(22)26(32)30-20-8-4-3-7-19(20)27/h3-4,7-10,12-15H,5-6,11H2,1-2H3,(H,30,32). The molecule has 5 rings (SSSR count). The summed E-state index contributed by atoms with van der Waals surface area (Å²) in [5.41, 5.74) is 3.11. The summed E-state index contributed by atoms with van der Waals surface area (Å²) in [5.74, 6) is 2.16. The third-order valence-corrected chi connectivity index (χ3v) is 6.18. The van der Waals surface area contributed by atoms with Crippen molar-refractivity contribution in [2.24, 2.45) is 0 Å². The van der Waals surface area contributed by atoms with E-state index in [0.717, 1.165) is 24.1 Å². The highest BCUT2D eigenvalue weighted by molar-refractivity contribution is 6.33. The van der Waals surface area contributed by atoms with Crippen molar-refractivity contribution in [3.63, 3.8) is 0 Å². The number of hydrogen-bond donors (Lipinski definition) is 1. The predicted molar refractivity (Wildman–Crippen MR) is 135 cm³/mol. The van der Waals surface area contributed by atoms with Crippen LogP contribution in [0.3, 0.4) is 0 Å². The third kappa shape index (κ3) is 4.52. The molecule has 0 unspecified atom stereocenters. The van der Waals surface area contributed by atoms with E-state index in [1.54, 1.807) is 43.4 Å². The summed E-state index contributed by atoms with van der Waals surface area (Å²) >= 11 is 6.21. The number of carbonyl (C=O) groups excluding carboxylic acids is 1. The van der Waals surface area contributed by atoms with Crippen LogP contribution < -0.4 is 24.4 Å². The zero-order valence-electron chi connectivity index (χ0n) is 19.2. The normalized spacial score (nSPS) is 12.7. The number of anilines is 2. The number of halogens is 1. The molecule has 1 aromatic heterocycles. The lowest BCUT2D eigenvalue weighted by Gasteiger charge is -2.30. The summed E-state index contributed by atoms with van der Waals surface area (Å²) in [5, 5.41) is 4.09. The first-order valence-corrected chi connectivity index (χ1v) is 11.5. The molecule has 2 heterocycles. The lowest BCUT2D eigenvalue weighted by molar-refractivity contribution is 0.256. The van der Waals surface area contributed by atoms with Crippen LogP contribution in [-0.2, 0) is 6.42 Å². The van der Waals surface area contributed by atoms with Gasteiger partial charge in [-0.15, -0.1) is 0 Å². The van der Waals surface area contributed by atoms with Gasteiger partial charge >= 0.3 is 6.03 Å². The Bertz CT molecular complexity index is 1410. The van der Waals surface area contributed by atoms with E-state index in [0.29, 0.717) is 51.3 Å². The van der Waals surface area contributed by atoms with E-state index in [-0.39, 0.29) is 6.03 Å². The molecule has 4 aromatic rings. The van der Waals surface area contributed by atoms with Crippen LogP contribution in [0.25, 0.3) is 10.9 Å². The van der Waals surface area contributed by atoms with Crippen LogP contribution in [0, 0.1) is 0 Å².